The van der Waals surface area contributed by atoms with E-state index < -0.39 is 0 Å². The molecule has 5 heteroatoms. The van der Waals surface area contributed by atoms with Crippen molar-refractivity contribution >= 4 is 28.8 Å². The highest BCUT2D eigenvalue weighted by atomic mass is 35.5. The Labute approximate surface area is 151 Å². The summed E-state index contributed by atoms with van der Waals surface area (Å²) in [6.45, 7) is 1.21. The van der Waals surface area contributed by atoms with Gasteiger partial charge in [-0.3, -0.25) is 4.79 Å². The molecule has 1 aromatic carbocycles. The summed E-state index contributed by atoms with van der Waals surface area (Å²) in [4.78, 5) is 16.0. The van der Waals surface area contributed by atoms with E-state index >= 15 is 0 Å². The molecule has 0 aliphatic rings. The standard InChI is InChI=1S/C19H19ClN2OS/c1-21-10-4-7-16(21)13-22(14-17-8-5-11-24-17)19(23)12-15-6-2-3-9-18(15)20/h2-11H,12-14H2,1H3. The molecule has 3 rings (SSSR count). The molecule has 0 radical (unpaired) electrons. The van der Waals surface area contributed by atoms with Crippen molar-refractivity contribution in [2.75, 3.05) is 0 Å². The van der Waals surface area contributed by atoms with Crippen molar-refractivity contribution in [3.05, 3.63) is 81.3 Å². The van der Waals surface area contributed by atoms with E-state index in [4.69, 9.17) is 11.6 Å². The van der Waals surface area contributed by atoms with Gasteiger partial charge in [-0.1, -0.05) is 35.9 Å². The summed E-state index contributed by atoms with van der Waals surface area (Å²) in [7, 11) is 2.00. The van der Waals surface area contributed by atoms with Gasteiger partial charge in [0.25, 0.3) is 0 Å². The minimum atomic E-state index is 0.0812. The van der Waals surface area contributed by atoms with Gasteiger partial charge in [0.15, 0.2) is 0 Å². The van der Waals surface area contributed by atoms with Crippen LogP contribution in [-0.2, 0) is 31.4 Å². The molecular formula is C19H19ClN2OS. The zero-order valence-electron chi connectivity index (χ0n) is 13.5. The SMILES string of the molecule is Cn1cccc1CN(Cc1cccs1)C(=O)Cc1ccccc1Cl. The van der Waals surface area contributed by atoms with Gasteiger partial charge >= 0.3 is 0 Å². The molecule has 0 bridgehead atoms. The average Bonchev–Trinajstić information content (AvgIpc) is 3.21. The van der Waals surface area contributed by atoms with Crippen molar-refractivity contribution in [3.8, 4) is 0 Å². The van der Waals surface area contributed by atoms with E-state index in [1.165, 1.54) is 4.88 Å². The van der Waals surface area contributed by atoms with Gasteiger partial charge in [0.05, 0.1) is 19.5 Å². The lowest BCUT2D eigenvalue weighted by Crippen LogP contribution is -2.31. The van der Waals surface area contributed by atoms with Crippen LogP contribution in [0.2, 0.25) is 5.02 Å². The van der Waals surface area contributed by atoms with Crippen LogP contribution in [0.1, 0.15) is 16.1 Å². The Hall–Kier alpha value is -2.04. The first kappa shape index (κ1) is 16.8. The molecule has 3 aromatic rings. The van der Waals surface area contributed by atoms with Crippen LogP contribution in [0.25, 0.3) is 0 Å². The predicted octanol–water partition coefficient (Wildman–Crippen LogP) is 4.51. The molecule has 0 aliphatic carbocycles. The number of thiophene rings is 1. The van der Waals surface area contributed by atoms with Gasteiger partial charge in [0.2, 0.25) is 5.91 Å². The smallest absolute Gasteiger partial charge is 0.227 e. The van der Waals surface area contributed by atoms with Crippen LogP contribution in [-0.4, -0.2) is 15.4 Å². The lowest BCUT2D eigenvalue weighted by molar-refractivity contribution is -0.131. The van der Waals surface area contributed by atoms with Gasteiger partial charge < -0.3 is 9.47 Å². The van der Waals surface area contributed by atoms with E-state index in [2.05, 4.69) is 6.07 Å². The quantitative estimate of drug-likeness (QED) is 0.636. The fourth-order valence-electron chi connectivity index (χ4n) is 2.60. The van der Waals surface area contributed by atoms with E-state index in [-0.39, 0.29) is 5.91 Å². The van der Waals surface area contributed by atoms with Crippen molar-refractivity contribution in [1.82, 2.24) is 9.47 Å². The Morgan fingerprint density at radius 1 is 1.12 bits per heavy atom. The predicted molar refractivity (Wildman–Crippen MR) is 99.1 cm³/mol. The minimum absolute atomic E-state index is 0.0812. The number of carbonyl (C=O) groups is 1. The Morgan fingerprint density at radius 3 is 2.62 bits per heavy atom. The normalized spacial score (nSPS) is 10.8. The molecule has 0 fully saturated rings. The van der Waals surface area contributed by atoms with Crippen molar-refractivity contribution < 1.29 is 4.79 Å². The number of amides is 1. The van der Waals surface area contributed by atoms with Crippen molar-refractivity contribution in [3.63, 3.8) is 0 Å². The topological polar surface area (TPSA) is 25.2 Å². The molecule has 0 atom stereocenters. The highest BCUT2D eigenvalue weighted by Crippen LogP contribution is 2.19. The third kappa shape index (κ3) is 4.08. The number of benzene rings is 1. The van der Waals surface area contributed by atoms with Gasteiger partial charge in [-0.05, 0) is 35.2 Å². The molecule has 2 heterocycles. The second-order valence-electron chi connectivity index (χ2n) is 5.71. The maximum absolute atomic E-state index is 12.9. The molecule has 2 aromatic heterocycles. The van der Waals surface area contributed by atoms with Crippen LogP contribution in [0.5, 0.6) is 0 Å². The molecule has 1 amide bonds. The van der Waals surface area contributed by atoms with Crippen LogP contribution in [0.3, 0.4) is 0 Å². The molecule has 3 nitrogen and oxygen atoms in total. The molecular weight excluding hydrogens is 340 g/mol. The third-order valence-corrected chi connectivity index (χ3v) is 5.21. The van der Waals surface area contributed by atoms with Crippen molar-refractivity contribution in [1.29, 1.82) is 0 Å². The fourth-order valence-corrected chi connectivity index (χ4v) is 3.52. The average molecular weight is 359 g/mol. The van der Waals surface area contributed by atoms with Crippen LogP contribution in [0.15, 0.2) is 60.1 Å². The van der Waals surface area contributed by atoms with Gasteiger partial charge in [-0.25, -0.2) is 0 Å². The van der Waals surface area contributed by atoms with Gasteiger partial charge in [-0.2, -0.15) is 0 Å². The number of hydrogen-bond acceptors (Lipinski definition) is 2. The number of rotatable bonds is 6. The molecule has 0 spiro atoms. The maximum Gasteiger partial charge on any atom is 0.227 e. The van der Waals surface area contributed by atoms with E-state index in [1.807, 2.05) is 70.6 Å². The number of aromatic nitrogens is 1. The van der Waals surface area contributed by atoms with Crippen LogP contribution in [0.4, 0.5) is 0 Å². The Bertz CT molecular complexity index is 810. The molecule has 124 valence electrons. The third-order valence-electron chi connectivity index (χ3n) is 3.98. The zero-order valence-corrected chi connectivity index (χ0v) is 15.1. The second-order valence-corrected chi connectivity index (χ2v) is 7.15. The second kappa shape index (κ2) is 7.69. The first-order valence-electron chi connectivity index (χ1n) is 7.77. The van der Waals surface area contributed by atoms with Gasteiger partial charge in [0.1, 0.15) is 0 Å². The van der Waals surface area contributed by atoms with Crippen molar-refractivity contribution in [2.24, 2.45) is 7.05 Å². The first-order chi connectivity index (χ1) is 11.6. The molecule has 24 heavy (non-hydrogen) atoms. The van der Waals surface area contributed by atoms with Crippen LogP contribution < -0.4 is 0 Å². The zero-order chi connectivity index (χ0) is 16.9. The van der Waals surface area contributed by atoms with E-state index in [0.717, 1.165) is 11.3 Å². The van der Waals surface area contributed by atoms with Crippen LogP contribution in [0, 0.1) is 0 Å². The van der Waals surface area contributed by atoms with Crippen LogP contribution >= 0.6 is 22.9 Å². The highest BCUT2D eigenvalue weighted by Gasteiger charge is 2.17. The first-order valence-corrected chi connectivity index (χ1v) is 9.03. The summed E-state index contributed by atoms with van der Waals surface area (Å²) in [5, 5.41) is 2.68. The molecule has 0 aliphatic heterocycles. The van der Waals surface area contributed by atoms with Crippen molar-refractivity contribution in [2.45, 2.75) is 19.5 Å². The van der Waals surface area contributed by atoms with E-state index in [0.29, 0.717) is 24.5 Å². The Kier molecular flexibility index (Phi) is 5.38. The number of hydrogen-bond donors (Lipinski definition) is 0. The summed E-state index contributed by atoms with van der Waals surface area (Å²) in [5.41, 5.74) is 1.98. The monoisotopic (exact) mass is 358 g/mol. The summed E-state index contributed by atoms with van der Waals surface area (Å²) >= 11 is 7.88. The van der Waals surface area contributed by atoms with Gasteiger partial charge in [0, 0.05) is 28.8 Å². The Morgan fingerprint density at radius 2 is 1.96 bits per heavy atom. The van der Waals surface area contributed by atoms with Gasteiger partial charge in [-0.15, -0.1) is 11.3 Å². The summed E-state index contributed by atoms with van der Waals surface area (Å²) < 4.78 is 2.05. The molecule has 0 N–H and O–H groups in total. The Balaban J connectivity index is 1.79. The number of nitrogens with zero attached hydrogens (tertiary/aromatic N) is 2. The lowest BCUT2D eigenvalue weighted by Gasteiger charge is -2.23. The van der Waals surface area contributed by atoms with E-state index in [1.54, 1.807) is 11.3 Å². The summed E-state index contributed by atoms with van der Waals surface area (Å²) in [6, 6.07) is 15.6. The molecule has 0 unspecified atom stereocenters. The summed E-state index contributed by atoms with van der Waals surface area (Å²) in [6.07, 6.45) is 2.31. The fraction of sp³-hybridized carbons (Fsp3) is 0.211. The largest absolute Gasteiger partial charge is 0.353 e. The molecule has 0 saturated carbocycles. The number of aryl methyl sites for hydroxylation is 1. The van der Waals surface area contributed by atoms with E-state index in [9.17, 15) is 4.79 Å². The minimum Gasteiger partial charge on any atom is -0.353 e. The molecule has 0 saturated heterocycles. The lowest BCUT2D eigenvalue weighted by atomic mass is 10.1. The summed E-state index contributed by atoms with van der Waals surface area (Å²) in [5.74, 6) is 0.0812. The number of carbonyl (C=O) groups excluding carboxylic acids is 1. The highest BCUT2D eigenvalue weighted by molar-refractivity contribution is 7.09. The maximum atomic E-state index is 12.9. The number of halogens is 1.